The SMILES string of the molecule is COc1ccc2ccccc2c1CNc1cnccc1Cl. The highest BCUT2D eigenvalue weighted by Gasteiger charge is 2.08. The van der Waals surface area contributed by atoms with E-state index in [4.69, 9.17) is 16.3 Å². The van der Waals surface area contributed by atoms with Crippen molar-refractivity contribution in [2.45, 2.75) is 6.54 Å². The number of pyridine rings is 1. The van der Waals surface area contributed by atoms with E-state index in [-0.39, 0.29) is 0 Å². The summed E-state index contributed by atoms with van der Waals surface area (Å²) in [6, 6.07) is 14.1. The monoisotopic (exact) mass is 298 g/mol. The maximum absolute atomic E-state index is 6.15. The second-order valence-corrected chi connectivity index (χ2v) is 5.08. The highest BCUT2D eigenvalue weighted by Crippen LogP contribution is 2.29. The molecule has 0 atom stereocenters. The fraction of sp³-hybridized carbons (Fsp3) is 0.118. The minimum Gasteiger partial charge on any atom is -0.496 e. The van der Waals surface area contributed by atoms with Crippen LogP contribution < -0.4 is 10.1 Å². The molecule has 0 aliphatic heterocycles. The lowest BCUT2D eigenvalue weighted by atomic mass is 10.0. The summed E-state index contributed by atoms with van der Waals surface area (Å²) < 4.78 is 5.48. The standard InChI is InChI=1S/C17H15ClN2O/c1-21-17-7-6-12-4-2-3-5-13(12)14(17)10-20-16-11-19-9-8-15(16)18/h2-9,11,20H,10H2,1H3. The van der Waals surface area contributed by atoms with Crippen molar-refractivity contribution in [3.63, 3.8) is 0 Å². The lowest BCUT2D eigenvalue weighted by Gasteiger charge is -2.14. The first-order valence-corrected chi connectivity index (χ1v) is 7.05. The first kappa shape index (κ1) is 13.7. The fourth-order valence-corrected chi connectivity index (χ4v) is 2.55. The van der Waals surface area contributed by atoms with E-state index >= 15 is 0 Å². The van der Waals surface area contributed by atoms with E-state index in [1.54, 1.807) is 25.6 Å². The highest BCUT2D eigenvalue weighted by molar-refractivity contribution is 6.33. The summed E-state index contributed by atoms with van der Waals surface area (Å²) in [5.74, 6) is 0.862. The van der Waals surface area contributed by atoms with Crippen LogP contribution in [0.25, 0.3) is 10.8 Å². The number of anilines is 1. The second-order valence-electron chi connectivity index (χ2n) is 4.68. The number of fused-ring (bicyclic) bond motifs is 1. The Kier molecular flexibility index (Phi) is 3.93. The van der Waals surface area contributed by atoms with Crippen LogP contribution in [0.5, 0.6) is 5.75 Å². The molecule has 2 aromatic carbocycles. The summed E-state index contributed by atoms with van der Waals surface area (Å²) in [5.41, 5.74) is 1.92. The molecule has 0 aliphatic carbocycles. The maximum Gasteiger partial charge on any atom is 0.124 e. The molecule has 0 fully saturated rings. The van der Waals surface area contributed by atoms with E-state index in [0.29, 0.717) is 11.6 Å². The molecule has 21 heavy (non-hydrogen) atoms. The lowest BCUT2D eigenvalue weighted by Crippen LogP contribution is -2.03. The van der Waals surface area contributed by atoms with Gasteiger partial charge in [0.15, 0.2) is 0 Å². The van der Waals surface area contributed by atoms with Crippen molar-refractivity contribution in [1.29, 1.82) is 0 Å². The number of benzene rings is 2. The zero-order valence-electron chi connectivity index (χ0n) is 11.6. The van der Waals surface area contributed by atoms with Gasteiger partial charge in [0.05, 0.1) is 24.0 Å². The van der Waals surface area contributed by atoms with Crippen molar-refractivity contribution in [1.82, 2.24) is 4.98 Å². The fourth-order valence-electron chi connectivity index (χ4n) is 2.38. The van der Waals surface area contributed by atoms with Gasteiger partial charge in [-0.3, -0.25) is 4.98 Å². The normalized spacial score (nSPS) is 10.6. The number of methoxy groups -OCH3 is 1. The zero-order chi connectivity index (χ0) is 14.7. The third kappa shape index (κ3) is 2.78. The van der Waals surface area contributed by atoms with Gasteiger partial charge in [0.2, 0.25) is 0 Å². The number of nitrogens with zero attached hydrogens (tertiary/aromatic N) is 1. The number of hydrogen-bond acceptors (Lipinski definition) is 3. The van der Waals surface area contributed by atoms with Gasteiger partial charge in [-0.25, -0.2) is 0 Å². The molecule has 4 heteroatoms. The van der Waals surface area contributed by atoms with Crippen LogP contribution in [0.4, 0.5) is 5.69 Å². The highest BCUT2D eigenvalue weighted by atomic mass is 35.5. The molecule has 0 amide bonds. The third-order valence-corrected chi connectivity index (χ3v) is 3.77. The van der Waals surface area contributed by atoms with Crippen LogP contribution >= 0.6 is 11.6 Å². The number of halogens is 1. The van der Waals surface area contributed by atoms with Gasteiger partial charge in [-0.05, 0) is 22.9 Å². The third-order valence-electron chi connectivity index (χ3n) is 3.44. The van der Waals surface area contributed by atoms with Crippen LogP contribution in [0.15, 0.2) is 54.9 Å². The van der Waals surface area contributed by atoms with Crippen molar-refractivity contribution >= 4 is 28.1 Å². The summed E-state index contributed by atoms with van der Waals surface area (Å²) in [4.78, 5) is 4.08. The molecule has 0 spiro atoms. The Labute approximate surface area is 128 Å². The van der Waals surface area contributed by atoms with Crippen LogP contribution in [0.1, 0.15) is 5.56 Å². The zero-order valence-corrected chi connectivity index (χ0v) is 12.4. The van der Waals surface area contributed by atoms with Crippen LogP contribution in [0.2, 0.25) is 5.02 Å². The molecule has 3 aromatic rings. The molecule has 1 N–H and O–H groups in total. The maximum atomic E-state index is 6.15. The average molecular weight is 299 g/mol. The van der Waals surface area contributed by atoms with Gasteiger partial charge in [-0.15, -0.1) is 0 Å². The van der Waals surface area contributed by atoms with Crippen LogP contribution in [0.3, 0.4) is 0 Å². The van der Waals surface area contributed by atoms with Crippen molar-refractivity contribution in [2.75, 3.05) is 12.4 Å². The molecule has 1 aromatic heterocycles. The van der Waals surface area contributed by atoms with E-state index in [9.17, 15) is 0 Å². The van der Waals surface area contributed by atoms with E-state index < -0.39 is 0 Å². The van der Waals surface area contributed by atoms with Crippen molar-refractivity contribution < 1.29 is 4.74 Å². The Bertz CT molecular complexity index is 774. The van der Waals surface area contributed by atoms with Crippen molar-refractivity contribution in [2.24, 2.45) is 0 Å². The van der Waals surface area contributed by atoms with E-state index in [2.05, 4.69) is 28.5 Å². The Morgan fingerprint density at radius 1 is 1.14 bits per heavy atom. The van der Waals surface area contributed by atoms with E-state index in [1.807, 2.05) is 18.2 Å². The molecule has 0 unspecified atom stereocenters. The summed E-state index contributed by atoms with van der Waals surface area (Å²) in [5, 5.41) is 6.34. The minimum absolute atomic E-state index is 0.621. The molecule has 3 rings (SSSR count). The summed E-state index contributed by atoms with van der Waals surface area (Å²) >= 11 is 6.15. The first-order valence-electron chi connectivity index (χ1n) is 6.67. The van der Waals surface area contributed by atoms with Crippen molar-refractivity contribution in [3.05, 3.63) is 65.4 Å². The Hall–Kier alpha value is -2.26. The van der Waals surface area contributed by atoms with Gasteiger partial charge in [0.25, 0.3) is 0 Å². The quantitative estimate of drug-likeness (QED) is 0.769. The van der Waals surface area contributed by atoms with Crippen molar-refractivity contribution in [3.8, 4) is 5.75 Å². The summed E-state index contributed by atoms with van der Waals surface area (Å²) in [7, 11) is 1.69. The Morgan fingerprint density at radius 3 is 2.81 bits per heavy atom. The van der Waals surface area contributed by atoms with Crippen LogP contribution in [-0.4, -0.2) is 12.1 Å². The Morgan fingerprint density at radius 2 is 2.00 bits per heavy atom. The largest absolute Gasteiger partial charge is 0.496 e. The van der Waals surface area contributed by atoms with Gasteiger partial charge in [-0.1, -0.05) is 41.9 Å². The minimum atomic E-state index is 0.621. The number of aromatic nitrogens is 1. The van der Waals surface area contributed by atoms with Crippen LogP contribution in [0, 0.1) is 0 Å². The molecule has 106 valence electrons. The molecule has 0 saturated heterocycles. The lowest BCUT2D eigenvalue weighted by molar-refractivity contribution is 0.411. The molecule has 3 nitrogen and oxygen atoms in total. The molecular formula is C17H15ClN2O. The van der Waals surface area contributed by atoms with Gasteiger partial charge >= 0.3 is 0 Å². The number of ether oxygens (including phenoxy) is 1. The van der Waals surface area contributed by atoms with Gasteiger partial charge in [0.1, 0.15) is 5.75 Å². The van der Waals surface area contributed by atoms with Crippen LogP contribution in [-0.2, 0) is 6.54 Å². The van der Waals surface area contributed by atoms with E-state index in [1.165, 1.54) is 10.8 Å². The molecule has 1 heterocycles. The van der Waals surface area contributed by atoms with E-state index in [0.717, 1.165) is 17.0 Å². The molecule has 0 aliphatic rings. The smallest absolute Gasteiger partial charge is 0.124 e. The number of nitrogens with one attached hydrogen (secondary N) is 1. The topological polar surface area (TPSA) is 34.1 Å². The van der Waals surface area contributed by atoms with Gasteiger partial charge < -0.3 is 10.1 Å². The average Bonchev–Trinajstić information content (AvgIpc) is 2.53. The first-order chi connectivity index (χ1) is 10.3. The number of rotatable bonds is 4. The predicted molar refractivity (Wildman–Crippen MR) is 87.1 cm³/mol. The molecule has 0 saturated carbocycles. The molecule has 0 bridgehead atoms. The molecule has 0 radical (unpaired) electrons. The summed E-state index contributed by atoms with van der Waals surface area (Å²) in [6.07, 6.45) is 3.39. The Balaban J connectivity index is 1.97. The molecular weight excluding hydrogens is 284 g/mol. The van der Waals surface area contributed by atoms with Gasteiger partial charge in [-0.2, -0.15) is 0 Å². The summed E-state index contributed by atoms with van der Waals surface area (Å²) in [6.45, 7) is 0.621. The number of hydrogen-bond donors (Lipinski definition) is 1. The second kappa shape index (κ2) is 6.02. The van der Waals surface area contributed by atoms with Gasteiger partial charge in [0, 0.05) is 18.3 Å². The predicted octanol–water partition coefficient (Wildman–Crippen LogP) is 4.51.